The second-order valence-electron chi connectivity index (χ2n) is 4.94. The minimum absolute atomic E-state index is 0.0262. The monoisotopic (exact) mass is 271 g/mol. The molecule has 0 aromatic rings. The van der Waals surface area contributed by atoms with Crippen LogP contribution in [0.4, 0.5) is 0 Å². The van der Waals surface area contributed by atoms with E-state index in [-0.39, 0.29) is 18.9 Å². The van der Waals surface area contributed by atoms with Crippen LogP contribution < -0.4 is 0 Å². The smallest absolute Gasteiger partial charge is 0.328 e. The number of hydrogen-bond acceptors (Lipinski definition) is 3. The minimum Gasteiger partial charge on any atom is -0.480 e. The van der Waals surface area contributed by atoms with Crippen LogP contribution >= 0.6 is 0 Å². The summed E-state index contributed by atoms with van der Waals surface area (Å²) >= 11 is 0. The average Bonchev–Trinajstić information content (AvgIpc) is 2.34. The second-order valence-corrected chi connectivity index (χ2v) is 4.94. The van der Waals surface area contributed by atoms with Crippen molar-refractivity contribution in [3.63, 3.8) is 0 Å². The largest absolute Gasteiger partial charge is 0.480 e. The van der Waals surface area contributed by atoms with Crippen LogP contribution in [-0.4, -0.2) is 48.2 Å². The molecule has 0 radical (unpaired) electrons. The van der Waals surface area contributed by atoms with Gasteiger partial charge in [0.1, 0.15) is 0 Å². The van der Waals surface area contributed by atoms with Gasteiger partial charge in [0, 0.05) is 20.1 Å². The Labute approximate surface area is 115 Å². The van der Waals surface area contributed by atoms with Crippen LogP contribution in [-0.2, 0) is 14.3 Å². The summed E-state index contributed by atoms with van der Waals surface area (Å²) in [6.07, 6.45) is 3.33. The van der Waals surface area contributed by atoms with Gasteiger partial charge in [0.15, 0.2) is 6.04 Å². The average molecular weight is 271 g/mol. The predicted octanol–water partition coefficient (Wildman–Crippen LogP) is 1.93. The first kappa shape index (κ1) is 17.6. The Balaban J connectivity index is 4.26. The maximum Gasteiger partial charge on any atom is 0.328 e. The molecule has 110 valence electrons. The van der Waals surface area contributed by atoms with E-state index in [0.29, 0.717) is 18.9 Å². The van der Waals surface area contributed by atoms with Gasteiger partial charge < -0.3 is 14.7 Å². The van der Waals surface area contributed by atoms with E-state index in [2.05, 4.69) is 20.4 Å². The third kappa shape index (κ3) is 7.62. The molecule has 1 amide bonds. The Morgan fingerprint density at radius 2 is 2.05 bits per heavy atom. The van der Waals surface area contributed by atoms with Crippen LogP contribution in [0.15, 0.2) is 12.7 Å². The highest BCUT2D eigenvalue weighted by Crippen LogP contribution is 2.05. The number of allylic oxidation sites excluding steroid dienone is 1. The van der Waals surface area contributed by atoms with Gasteiger partial charge in [-0.2, -0.15) is 0 Å². The molecule has 0 aromatic heterocycles. The fourth-order valence-electron chi connectivity index (χ4n) is 1.44. The molecule has 0 saturated heterocycles. The number of carboxylic acid groups (broad SMARTS) is 1. The highest BCUT2D eigenvalue weighted by atomic mass is 16.5. The predicted molar refractivity (Wildman–Crippen MR) is 73.9 cm³/mol. The lowest BCUT2D eigenvalue weighted by Gasteiger charge is -2.24. The van der Waals surface area contributed by atoms with E-state index in [1.165, 1.54) is 11.9 Å². The zero-order chi connectivity index (χ0) is 14.8. The Hall–Kier alpha value is -1.36. The van der Waals surface area contributed by atoms with Crippen molar-refractivity contribution in [1.29, 1.82) is 0 Å². The van der Waals surface area contributed by atoms with Crippen molar-refractivity contribution in [3.05, 3.63) is 12.7 Å². The molecule has 0 aliphatic rings. The standard InChI is InChI=1S/C14H25NO4/c1-5-6-7-13(16)15(4)12(14(17)18)10-19-9-8-11(2)3/h5,11-12H,1,6-10H2,2-4H3,(H,17,18). The molecule has 0 aliphatic carbocycles. The summed E-state index contributed by atoms with van der Waals surface area (Å²) in [6, 6.07) is -0.926. The van der Waals surface area contributed by atoms with E-state index < -0.39 is 12.0 Å². The molecular formula is C14H25NO4. The van der Waals surface area contributed by atoms with Crippen LogP contribution in [0, 0.1) is 5.92 Å². The van der Waals surface area contributed by atoms with E-state index in [1.54, 1.807) is 6.08 Å². The van der Waals surface area contributed by atoms with E-state index in [9.17, 15) is 9.59 Å². The third-order valence-electron chi connectivity index (χ3n) is 2.82. The summed E-state index contributed by atoms with van der Waals surface area (Å²) in [5.74, 6) is -0.742. The number of hydrogen-bond donors (Lipinski definition) is 1. The lowest BCUT2D eigenvalue weighted by Crippen LogP contribution is -2.45. The number of carbonyl (C=O) groups is 2. The molecule has 0 fully saturated rings. The van der Waals surface area contributed by atoms with Gasteiger partial charge in [-0.15, -0.1) is 6.58 Å². The molecular weight excluding hydrogens is 246 g/mol. The Morgan fingerprint density at radius 3 is 2.53 bits per heavy atom. The number of nitrogens with zero attached hydrogens (tertiary/aromatic N) is 1. The summed E-state index contributed by atoms with van der Waals surface area (Å²) in [5.41, 5.74) is 0. The maximum absolute atomic E-state index is 11.7. The summed E-state index contributed by atoms with van der Waals surface area (Å²) in [7, 11) is 1.50. The molecule has 0 saturated carbocycles. The van der Waals surface area contributed by atoms with Gasteiger partial charge in [-0.25, -0.2) is 4.79 Å². The number of likely N-dealkylation sites (N-methyl/N-ethyl adjacent to an activating group) is 1. The Morgan fingerprint density at radius 1 is 1.42 bits per heavy atom. The van der Waals surface area contributed by atoms with E-state index in [0.717, 1.165) is 6.42 Å². The highest BCUT2D eigenvalue weighted by Gasteiger charge is 2.26. The van der Waals surface area contributed by atoms with Crippen molar-refractivity contribution in [1.82, 2.24) is 4.90 Å². The van der Waals surface area contributed by atoms with Crippen molar-refractivity contribution in [2.75, 3.05) is 20.3 Å². The van der Waals surface area contributed by atoms with Crippen molar-refractivity contribution in [3.8, 4) is 0 Å². The quantitative estimate of drug-likeness (QED) is 0.487. The van der Waals surface area contributed by atoms with Crippen LogP contribution in [0.5, 0.6) is 0 Å². The number of amides is 1. The molecule has 0 bridgehead atoms. The molecule has 5 nitrogen and oxygen atoms in total. The Bertz CT molecular complexity index is 302. The zero-order valence-corrected chi connectivity index (χ0v) is 12.1. The van der Waals surface area contributed by atoms with Gasteiger partial charge >= 0.3 is 5.97 Å². The first-order chi connectivity index (χ1) is 8.90. The van der Waals surface area contributed by atoms with E-state index in [1.807, 2.05) is 0 Å². The van der Waals surface area contributed by atoms with E-state index in [4.69, 9.17) is 9.84 Å². The number of carboxylic acids is 1. The number of rotatable bonds is 10. The van der Waals surface area contributed by atoms with Gasteiger partial charge in [-0.3, -0.25) is 4.79 Å². The number of ether oxygens (including phenoxy) is 1. The summed E-state index contributed by atoms with van der Waals surface area (Å²) in [6.45, 7) is 8.22. The molecule has 0 rings (SSSR count). The molecule has 0 aromatic carbocycles. The molecule has 0 heterocycles. The molecule has 1 atom stereocenters. The topological polar surface area (TPSA) is 66.8 Å². The lowest BCUT2D eigenvalue weighted by molar-refractivity contribution is -0.151. The first-order valence-electron chi connectivity index (χ1n) is 6.57. The normalized spacial score (nSPS) is 12.2. The first-order valence-corrected chi connectivity index (χ1v) is 6.57. The third-order valence-corrected chi connectivity index (χ3v) is 2.82. The van der Waals surface area contributed by atoms with Crippen molar-refractivity contribution < 1.29 is 19.4 Å². The van der Waals surface area contributed by atoms with Gasteiger partial charge in [-0.1, -0.05) is 19.9 Å². The number of aliphatic carboxylic acids is 1. The number of carbonyl (C=O) groups excluding carboxylic acids is 1. The van der Waals surface area contributed by atoms with Crippen molar-refractivity contribution in [2.45, 2.75) is 39.2 Å². The van der Waals surface area contributed by atoms with Crippen LogP contribution in [0.25, 0.3) is 0 Å². The zero-order valence-electron chi connectivity index (χ0n) is 12.1. The van der Waals surface area contributed by atoms with Crippen LogP contribution in [0.2, 0.25) is 0 Å². The summed E-state index contributed by atoms with van der Waals surface area (Å²) < 4.78 is 5.35. The maximum atomic E-state index is 11.7. The molecule has 5 heteroatoms. The SMILES string of the molecule is C=CCCC(=O)N(C)C(COCCC(C)C)C(=O)O. The fraction of sp³-hybridized carbons (Fsp3) is 0.714. The fourth-order valence-corrected chi connectivity index (χ4v) is 1.44. The second kappa shape index (κ2) is 9.55. The van der Waals surface area contributed by atoms with Crippen molar-refractivity contribution >= 4 is 11.9 Å². The molecule has 0 aliphatic heterocycles. The molecule has 1 N–H and O–H groups in total. The summed E-state index contributed by atoms with van der Waals surface area (Å²) in [4.78, 5) is 24.1. The lowest BCUT2D eigenvalue weighted by atomic mass is 10.1. The van der Waals surface area contributed by atoms with Gasteiger partial charge in [0.25, 0.3) is 0 Å². The van der Waals surface area contributed by atoms with E-state index >= 15 is 0 Å². The summed E-state index contributed by atoms with van der Waals surface area (Å²) in [5, 5.41) is 9.13. The van der Waals surface area contributed by atoms with Crippen LogP contribution in [0.3, 0.4) is 0 Å². The van der Waals surface area contributed by atoms with Gasteiger partial charge in [-0.05, 0) is 18.8 Å². The van der Waals surface area contributed by atoms with Gasteiger partial charge in [0.2, 0.25) is 5.91 Å². The Kier molecular flexibility index (Phi) is 8.87. The molecule has 1 unspecified atom stereocenters. The van der Waals surface area contributed by atoms with Gasteiger partial charge in [0.05, 0.1) is 6.61 Å². The van der Waals surface area contributed by atoms with Crippen molar-refractivity contribution in [2.24, 2.45) is 5.92 Å². The minimum atomic E-state index is -1.04. The van der Waals surface area contributed by atoms with Crippen LogP contribution in [0.1, 0.15) is 33.1 Å². The molecule has 0 spiro atoms. The molecule has 19 heavy (non-hydrogen) atoms. The highest BCUT2D eigenvalue weighted by molar-refractivity contribution is 5.83.